The van der Waals surface area contributed by atoms with Crippen LogP contribution in [0, 0.1) is 5.92 Å². The Morgan fingerprint density at radius 3 is 2.00 bits per heavy atom. The van der Waals surface area contributed by atoms with E-state index in [0.717, 1.165) is 57.4 Å². The van der Waals surface area contributed by atoms with Crippen molar-refractivity contribution in [2.24, 2.45) is 5.92 Å². The lowest BCUT2D eigenvalue weighted by Gasteiger charge is -2.09. The quantitative estimate of drug-likeness (QED) is 0.162. The minimum Gasteiger partial charge on any atom is -0.465 e. The van der Waals surface area contributed by atoms with Crippen molar-refractivity contribution in [3.05, 3.63) is 11.6 Å². The molecule has 0 spiro atoms. The van der Waals surface area contributed by atoms with Crippen LogP contribution >= 0.6 is 0 Å². The Morgan fingerprint density at radius 1 is 0.786 bits per heavy atom. The summed E-state index contributed by atoms with van der Waals surface area (Å²) >= 11 is 0. The Kier molecular flexibility index (Phi) is 16.1. The van der Waals surface area contributed by atoms with E-state index in [-0.39, 0.29) is 25.2 Å². The molecule has 0 aliphatic rings. The maximum atomic E-state index is 12.2. The van der Waals surface area contributed by atoms with Gasteiger partial charge >= 0.3 is 17.9 Å². The smallest absolute Gasteiger partial charge is 0.334 e. The second-order valence-electron chi connectivity index (χ2n) is 7.32. The predicted octanol–water partition coefficient (Wildman–Crippen LogP) is 4.75. The molecule has 28 heavy (non-hydrogen) atoms. The molecule has 0 aliphatic carbocycles. The van der Waals surface area contributed by atoms with Crippen molar-refractivity contribution in [1.29, 1.82) is 0 Å². The first-order valence-corrected chi connectivity index (χ1v) is 10.6. The van der Waals surface area contributed by atoms with Gasteiger partial charge in [0.15, 0.2) is 0 Å². The highest BCUT2D eigenvalue weighted by molar-refractivity contribution is 5.99. The zero-order chi connectivity index (χ0) is 21.2. The molecule has 0 radical (unpaired) electrons. The van der Waals surface area contributed by atoms with Gasteiger partial charge in [-0.05, 0) is 25.2 Å². The predicted molar refractivity (Wildman–Crippen MR) is 109 cm³/mol. The molecule has 0 N–H and O–H groups in total. The van der Waals surface area contributed by atoms with E-state index in [2.05, 4.69) is 13.8 Å². The summed E-state index contributed by atoms with van der Waals surface area (Å²) in [5, 5.41) is 0. The highest BCUT2D eigenvalue weighted by atomic mass is 16.5. The van der Waals surface area contributed by atoms with E-state index in [1.807, 2.05) is 13.8 Å². The van der Waals surface area contributed by atoms with Crippen LogP contribution in [0.5, 0.6) is 0 Å². The van der Waals surface area contributed by atoms with Crippen LogP contribution in [0.3, 0.4) is 0 Å². The van der Waals surface area contributed by atoms with Crippen molar-refractivity contribution >= 4 is 17.9 Å². The number of rotatable bonds is 16. The number of carbonyl (C=O) groups is 3. The molecule has 6 nitrogen and oxygen atoms in total. The van der Waals surface area contributed by atoms with Crippen molar-refractivity contribution < 1.29 is 28.6 Å². The van der Waals surface area contributed by atoms with Gasteiger partial charge in [0.2, 0.25) is 0 Å². The highest BCUT2D eigenvalue weighted by Gasteiger charge is 2.18. The number of ether oxygens (including phenoxy) is 3. The van der Waals surface area contributed by atoms with Gasteiger partial charge in [-0.15, -0.1) is 0 Å². The zero-order valence-corrected chi connectivity index (χ0v) is 18.1. The fraction of sp³-hybridized carbons (Fsp3) is 0.773. The van der Waals surface area contributed by atoms with E-state index in [1.165, 1.54) is 0 Å². The molecule has 162 valence electrons. The minimum atomic E-state index is -0.672. The summed E-state index contributed by atoms with van der Waals surface area (Å²) < 4.78 is 15.4. The van der Waals surface area contributed by atoms with Crippen molar-refractivity contribution in [3.63, 3.8) is 0 Å². The molecule has 0 unspecified atom stereocenters. The molecule has 0 saturated carbocycles. The summed E-state index contributed by atoms with van der Waals surface area (Å²) in [4.78, 5) is 36.1. The molecule has 0 fully saturated rings. The van der Waals surface area contributed by atoms with Crippen LogP contribution in [-0.4, -0.2) is 37.7 Å². The van der Waals surface area contributed by atoms with Gasteiger partial charge in [-0.2, -0.15) is 0 Å². The van der Waals surface area contributed by atoms with Gasteiger partial charge in [-0.1, -0.05) is 59.8 Å². The van der Waals surface area contributed by atoms with Crippen LogP contribution in [0.2, 0.25) is 0 Å². The summed E-state index contributed by atoms with van der Waals surface area (Å²) in [5.41, 5.74) is -0.0255. The Labute approximate surface area is 170 Å². The standard InChI is InChI=1S/C22H38O6/c1-5-7-13-26-20(23)16-19(22(25)28-14-8-6-2)17-21(24)27-15-11-9-10-12-18(3)4/h16,18H,5-15,17H2,1-4H3/b19-16+. The molecule has 0 amide bonds. The van der Waals surface area contributed by atoms with Gasteiger partial charge in [-0.25, -0.2) is 9.59 Å². The number of esters is 3. The molecule has 0 saturated heterocycles. The van der Waals surface area contributed by atoms with Crippen molar-refractivity contribution in [2.75, 3.05) is 19.8 Å². The second kappa shape index (κ2) is 17.3. The van der Waals surface area contributed by atoms with Crippen molar-refractivity contribution in [3.8, 4) is 0 Å². The van der Waals surface area contributed by atoms with E-state index < -0.39 is 17.9 Å². The Morgan fingerprint density at radius 2 is 1.39 bits per heavy atom. The SMILES string of the molecule is CCCCOC(=O)/C=C(\CC(=O)OCCCCCC(C)C)C(=O)OCCCC. The van der Waals surface area contributed by atoms with Crippen molar-refractivity contribution in [2.45, 2.75) is 85.5 Å². The largest absolute Gasteiger partial charge is 0.465 e. The van der Waals surface area contributed by atoms with Crippen LogP contribution in [0.1, 0.15) is 85.5 Å². The fourth-order valence-electron chi connectivity index (χ4n) is 2.31. The molecule has 0 atom stereocenters. The number of carbonyl (C=O) groups excluding carboxylic acids is 3. The second-order valence-corrected chi connectivity index (χ2v) is 7.32. The third-order valence-corrected chi connectivity index (χ3v) is 4.05. The highest BCUT2D eigenvalue weighted by Crippen LogP contribution is 2.10. The lowest BCUT2D eigenvalue weighted by molar-refractivity contribution is -0.146. The zero-order valence-electron chi connectivity index (χ0n) is 18.1. The van der Waals surface area contributed by atoms with E-state index in [1.54, 1.807) is 0 Å². The molecule has 0 bridgehead atoms. The van der Waals surface area contributed by atoms with Gasteiger partial charge in [0.25, 0.3) is 0 Å². The monoisotopic (exact) mass is 398 g/mol. The van der Waals surface area contributed by atoms with Gasteiger partial charge in [-0.3, -0.25) is 4.79 Å². The van der Waals surface area contributed by atoms with Crippen molar-refractivity contribution in [1.82, 2.24) is 0 Å². The fourth-order valence-corrected chi connectivity index (χ4v) is 2.31. The third-order valence-electron chi connectivity index (χ3n) is 4.05. The molecular formula is C22H38O6. The van der Waals surface area contributed by atoms with Gasteiger partial charge in [0.05, 0.1) is 31.8 Å². The summed E-state index contributed by atoms with van der Waals surface area (Å²) in [6.45, 7) is 9.18. The molecule has 0 rings (SSSR count). The summed E-state index contributed by atoms with van der Waals surface area (Å²) in [6, 6.07) is 0. The lowest BCUT2D eigenvalue weighted by atomic mass is 10.1. The van der Waals surface area contributed by atoms with Gasteiger partial charge in [0.1, 0.15) is 0 Å². The molecule has 0 aromatic rings. The number of hydrogen-bond acceptors (Lipinski definition) is 6. The van der Waals surface area contributed by atoms with E-state index in [0.29, 0.717) is 12.5 Å². The summed E-state index contributed by atoms with van der Waals surface area (Å²) in [5.74, 6) is -1.18. The van der Waals surface area contributed by atoms with Crippen LogP contribution in [-0.2, 0) is 28.6 Å². The molecule has 6 heteroatoms. The Bertz CT molecular complexity index is 481. The average molecular weight is 399 g/mol. The molecule has 0 aliphatic heterocycles. The minimum absolute atomic E-state index is 0.0255. The van der Waals surface area contributed by atoms with E-state index >= 15 is 0 Å². The Hall–Kier alpha value is -1.85. The van der Waals surface area contributed by atoms with Gasteiger partial charge in [0, 0.05) is 6.08 Å². The first-order chi connectivity index (χ1) is 13.4. The molecule has 0 aromatic heterocycles. The average Bonchev–Trinajstić information content (AvgIpc) is 2.64. The van der Waals surface area contributed by atoms with Crippen LogP contribution in [0.4, 0.5) is 0 Å². The number of hydrogen-bond donors (Lipinski definition) is 0. The first-order valence-electron chi connectivity index (χ1n) is 10.6. The molecular weight excluding hydrogens is 360 g/mol. The van der Waals surface area contributed by atoms with E-state index in [9.17, 15) is 14.4 Å². The molecule has 0 heterocycles. The third kappa shape index (κ3) is 15.2. The van der Waals surface area contributed by atoms with E-state index in [4.69, 9.17) is 14.2 Å². The maximum absolute atomic E-state index is 12.2. The first kappa shape index (κ1) is 26.1. The normalized spacial score (nSPS) is 11.4. The van der Waals surface area contributed by atoms with Crippen LogP contribution in [0.15, 0.2) is 11.6 Å². The van der Waals surface area contributed by atoms with Crippen LogP contribution < -0.4 is 0 Å². The molecule has 0 aromatic carbocycles. The topological polar surface area (TPSA) is 78.9 Å². The lowest BCUT2D eigenvalue weighted by Crippen LogP contribution is -2.16. The maximum Gasteiger partial charge on any atom is 0.334 e. The summed E-state index contributed by atoms with van der Waals surface area (Å²) in [7, 11) is 0. The number of unbranched alkanes of at least 4 members (excludes halogenated alkanes) is 4. The summed E-state index contributed by atoms with van der Waals surface area (Å²) in [6.07, 6.45) is 8.05. The van der Waals surface area contributed by atoms with Crippen LogP contribution in [0.25, 0.3) is 0 Å². The van der Waals surface area contributed by atoms with Gasteiger partial charge < -0.3 is 14.2 Å². The Balaban J connectivity index is 4.54.